The molecule has 0 fully saturated rings. The van der Waals surface area contributed by atoms with Crippen LogP contribution in [0, 0.1) is 10.1 Å². The SMILES string of the molecule is CCOC(=O)c1cc([N+](=O)[O-])ccc1NC[C@H]1COc2ccccc2O1. The van der Waals surface area contributed by atoms with Gasteiger partial charge in [0, 0.05) is 17.8 Å². The van der Waals surface area contributed by atoms with Crippen molar-refractivity contribution in [2.24, 2.45) is 0 Å². The van der Waals surface area contributed by atoms with E-state index in [0.717, 1.165) is 0 Å². The third kappa shape index (κ3) is 3.85. The maximum absolute atomic E-state index is 12.1. The highest BCUT2D eigenvalue weighted by Gasteiger charge is 2.22. The summed E-state index contributed by atoms with van der Waals surface area (Å²) in [6, 6.07) is 11.4. The van der Waals surface area contributed by atoms with Crippen molar-refractivity contribution in [3.63, 3.8) is 0 Å². The zero-order valence-corrected chi connectivity index (χ0v) is 14.1. The van der Waals surface area contributed by atoms with Crippen LogP contribution in [-0.4, -0.2) is 36.8 Å². The molecule has 0 radical (unpaired) electrons. The van der Waals surface area contributed by atoms with Crippen molar-refractivity contribution in [2.75, 3.05) is 25.1 Å². The van der Waals surface area contributed by atoms with Crippen LogP contribution in [0.1, 0.15) is 17.3 Å². The number of anilines is 1. The smallest absolute Gasteiger partial charge is 0.340 e. The molecule has 0 saturated heterocycles. The first-order valence-corrected chi connectivity index (χ1v) is 8.16. The lowest BCUT2D eigenvalue weighted by atomic mass is 10.1. The van der Waals surface area contributed by atoms with Crippen LogP contribution >= 0.6 is 0 Å². The van der Waals surface area contributed by atoms with Crippen LogP contribution in [0.4, 0.5) is 11.4 Å². The first-order chi connectivity index (χ1) is 12.6. The van der Waals surface area contributed by atoms with Crippen LogP contribution in [-0.2, 0) is 4.74 Å². The molecule has 136 valence electrons. The van der Waals surface area contributed by atoms with E-state index in [9.17, 15) is 14.9 Å². The van der Waals surface area contributed by atoms with Gasteiger partial charge in [-0.05, 0) is 25.1 Å². The van der Waals surface area contributed by atoms with Crippen LogP contribution in [0.3, 0.4) is 0 Å². The Morgan fingerprint density at radius 2 is 2.08 bits per heavy atom. The van der Waals surface area contributed by atoms with Gasteiger partial charge in [0.15, 0.2) is 11.5 Å². The topological polar surface area (TPSA) is 99.9 Å². The van der Waals surface area contributed by atoms with Crippen LogP contribution in [0.25, 0.3) is 0 Å². The lowest BCUT2D eigenvalue weighted by molar-refractivity contribution is -0.384. The van der Waals surface area contributed by atoms with Crippen molar-refractivity contribution in [1.82, 2.24) is 0 Å². The summed E-state index contributed by atoms with van der Waals surface area (Å²) in [5, 5.41) is 14.1. The van der Waals surface area contributed by atoms with Crippen molar-refractivity contribution in [3.8, 4) is 11.5 Å². The number of fused-ring (bicyclic) bond motifs is 1. The summed E-state index contributed by atoms with van der Waals surface area (Å²) in [6.45, 7) is 2.56. The van der Waals surface area contributed by atoms with E-state index in [4.69, 9.17) is 14.2 Å². The standard InChI is InChI=1S/C18H18N2O6/c1-2-24-18(21)14-9-12(20(22)23)7-8-15(14)19-10-13-11-25-16-5-3-4-6-17(16)26-13/h3-9,13,19H,2,10-11H2,1H3/t13-/m0/s1. The maximum Gasteiger partial charge on any atom is 0.340 e. The molecular formula is C18H18N2O6. The Bertz CT molecular complexity index is 823. The van der Waals surface area contributed by atoms with Gasteiger partial charge in [0.2, 0.25) is 0 Å². The third-order valence-electron chi connectivity index (χ3n) is 3.80. The summed E-state index contributed by atoms with van der Waals surface area (Å²) in [6.07, 6.45) is -0.268. The molecule has 2 aromatic carbocycles. The number of nitrogens with zero attached hydrogens (tertiary/aromatic N) is 1. The zero-order chi connectivity index (χ0) is 18.5. The summed E-state index contributed by atoms with van der Waals surface area (Å²) in [5.41, 5.74) is 0.375. The van der Waals surface area contributed by atoms with Gasteiger partial charge in [-0.3, -0.25) is 10.1 Å². The first kappa shape index (κ1) is 17.5. The van der Waals surface area contributed by atoms with E-state index in [2.05, 4.69) is 5.32 Å². The van der Waals surface area contributed by atoms with Gasteiger partial charge in [-0.1, -0.05) is 12.1 Å². The van der Waals surface area contributed by atoms with E-state index in [1.807, 2.05) is 24.3 Å². The van der Waals surface area contributed by atoms with Crippen LogP contribution in [0.5, 0.6) is 11.5 Å². The molecule has 1 N–H and O–H groups in total. The Balaban J connectivity index is 1.73. The minimum Gasteiger partial charge on any atom is -0.486 e. The normalized spacial score (nSPS) is 15.2. The number of non-ortho nitro benzene ring substituents is 1. The molecule has 26 heavy (non-hydrogen) atoms. The lowest BCUT2D eigenvalue weighted by Crippen LogP contribution is -2.35. The fourth-order valence-corrected chi connectivity index (χ4v) is 2.57. The summed E-state index contributed by atoms with van der Waals surface area (Å²) >= 11 is 0. The molecule has 1 heterocycles. The average Bonchev–Trinajstić information content (AvgIpc) is 2.66. The number of nitro groups is 1. The Morgan fingerprint density at radius 3 is 2.81 bits per heavy atom. The number of hydrogen-bond acceptors (Lipinski definition) is 7. The highest BCUT2D eigenvalue weighted by atomic mass is 16.6. The Morgan fingerprint density at radius 1 is 1.31 bits per heavy atom. The minimum absolute atomic E-state index is 0.109. The molecule has 0 amide bonds. The molecule has 2 aromatic rings. The van der Waals surface area contributed by atoms with E-state index >= 15 is 0 Å². The second-order valence-corrected chi connectivity index (χ2v) is 5.59. The third-order valence-corrected chi connectivity index (χ3v) is 3.80. The molecule has 1 aliphatic heterocycles. The molecule has 0 unspecified atom stereocenters. The quantitative estimate of drug-likeness (QED) is 0.481. The second kappa shape index (κ2) is 7.73. The van der Waals surface area contributed by atoms with E-state index in [0.29, 0.717) is 30.3 Å². The van der Waals surface area contributed by atoms with Crippen molar-refractivity contribution in [2.45, 2.75) is 13.0 Å². The van der Waals surface area contributed by atoms with Gasteiger partial charge in [-0.15, -0.1) is 0 Å². The summed E-state index contributed by atoms with van der Waals surface area (Å²) in [4.78, 5) is 22.5. The number of hydrogen-bond donors (Lipinski definition) is 1. The van der Waals surface area contributed by atoms with Gasteiger partial charge in [0.25, 0.3) is 5.69 Å². The lowest BCUT2D eigenvalue weighted by Gasteiger charge is -2.27. The number of carbonyl (C=O) groups excluding carboxylic acids is 1. The van der Waals surface area contributed by atoms with E-state index in [1.54, 1.807) is 6.92 Å². The van der Waals surface area contributed by atoms with Crippen molar-refractivity contribution in [1.29, 1.82) is 0 Å². The largest absolute Gasteiger partial charge is 0.486 e. The van der Waals surface area contributed by atoms with Crippen LogP contribution in [0.2, 0.25) is 0 Å². The molecule has 0 aliphatic carbocycles. The molecule has 3 rings (SSSR count). The molecule has 8 heteroatoms. The van der Waals surface area contributed by atoms with E-state index < -0.39 is 10.9 Å². The van der Waals surface area contributed by atoms with Crippen molar-refractivity contribution in [3.05, 3.63) is 58.1 Å². The Labute approximate surface area is 149 Å². The summed E-state index contributed by atoms with van der Waals surface area (Å²) in [5.74, 6) is 0.719. The van der Waals surface area contributed by atoms with Gasteiger partial charge in [0.05, 0.1) is 23.6 Å². The predicted octanol–water partition coefficient (Wildman–Crippen LogP) is 3.02. The highest BCUT2D eigenvalue weighted by molar-refractivity contribution is 5.96. The molecule has 1 atom stereocenters. The van der Waals surface area contributed by atoms with Crippen molar-refractivity contribution >= 4 is 17.3 Å². The molecule has 0 spiro atoms. The fourth-order valence-electron chi connectivity index (χ4n) is 2.57. The molecule has 1 aliphatic rings. The number of para-hydroxylation sites is 2. The summed E-state index contributed by atoms with van der Waals surface area (Å²) < 4.78 is 16.5. The maximum atomic E-state index is 12.1. The van der Waals surface area contributed by atoms with Gasteiger partial charge >= 0.3 is 5.97 Å². The predicted molar refractivity (Wildman–Crippen MR) is 93.9 cm³/mol. The highest BCUT2D eigenvalue weighted by Crippen LogP contribution is 2.31. The minimum atomic E-state index is -0.621. The number of benzene rings is 2. The monoisotopic (exact) mass is 358 g/mol. The second-order valence-electron chi connectivity index (χ2n) is 5.59. The van der Waals surface area contributed by atoms with Gasteiger partial charge < -0.3 is 19.5 Å². The first-order valence-electron chi connectivity index (χ1n) is 8.16. The molecular weight excluding hydrogens is 340 g/mol. The van der Waals surface area contributed by atoms with Crippen LogP contribution in [0.15, 0.2) is 42.5 Å². The fraction of sp³-hybridized carbons (Fsp3) is 0.278. The number of ether oxygens (including phenoxy) is 3. The van der Waals surface area contributed by atoms with E-state index in [1.165, 1.54) is 18.2 Å². The number of carbonyl (C=O) groups is 1. The van der Waals surface area contributed by atoms with Crippen LogP contribution < -0.4 is 14.8 Å². The van der Waals surface area contributed by atoms with E-state index in [-0.39, 0.29) is 24.0 Å². The summed E-state index contributed by atoms with van der Waals surface area (Å²) in [7, 11) is 0. The number of rotatable bonds is 6. The van der Waals surface area contributed by atoms with Gasteiger partial charge in [-0.2, -0.15) is 0 Å². The number of nitro benzene ring substituents is 1. The van der Waals surface area contributed by atoms with Crippen molar-refractivity contribution < 1.29 is 23.9 Å². The average molecular weight is 358 g/mol. The van der Waals surface area contributed by atoms with Gasteiger partial charge in [0.1, 0.15) is 12.7 Å². The number of nitrogens with one attached hydrogen (secondary N) is 1. The molecule has 8 nitrogen and oxygen atoms in total. The molecule has 0 aromatic heterocycles. The number of esters is 1. The molecule has 0 saturated carbocycles. The Hall–Kier alpha value is -3.29. The zero-order valence-electron chi connectivity index (χ0n) is 14.1. The molecule has 0 bridgehead atoms. The van der Waals surface area contributed by atoms with Gasteiger partial charge in [-0.25, -0.2) is 4.79 Å². The Kier molecular flexibility index (Phi) is 5.21.